The minimum atomic E-state index is -0.0843. The summed E-state index contributed by atoms with van der Waals surface area (Å²) < 4.78 is 3.81. The van der Waals surface area contributed by atoms with E-state index in [9.17, 15) is 9.59 Å². The molecule has 1 unspecified atom stereocenters. The SMILES string of the molecule is CNc1ccn(-c2ccnc3c2cc(CN2CCN(c4ccc(C(=O)N(C)C)cc4C)CC2C)n3C)c(=O)c1. The number of carbonyl (C=O) groups is 1. The molecule has 1 aromatic carbocycles. The van der Waals surface area contributed by atoms with E-state index in [1.165, 1.54) is 5.69 Å². The number of benzene rings is 1. The molecule has 1 atom stereocenters. The standard InChI is InChI=1S/C30H37N7O2/c1-20-15-22(30(39)33(4)5)7-8-26(20)36-14-13-35(21(2)18-36)19-24-17-25-27(9-11-32-29(25)34(24)6)37-12-10-23(31-3)16-28(37)38/h7-12,15-17,21,31H,13-14,18-19H2,1-6H3. The van der Waals surface area contributed by atoms with Gasteiger partial charge in [0.05, 0.1) is 5.69 Å². The van der Waals surface area contributed by atoms with Crippen molar-refractivity contribution in [1.29, 1.82) is 0 Å². The van der Waals surface area contributed by atoms with Gasteiger partial charge in [0.25, 0.3) is 11.5 Å². The lowest BCUT2D eigenvalue weighted by Gasteiger charge is -2.41. The Bertz CT molecular complexity index is 1590. The number of aromatic nitrogens is 3. The van der Waals surface area contributed by atoms with Gasteiger partial charge in [0, 0.05) is 107 Å². The fraction of sp³-hybridized carbons (Fsp3) is 0.367. The highest BCUT2D eigenvalue weighted by molar-refractivity contribution is 5.94. The third-order valence-electron chi connectivity index (χ3n) is 7.79. The molecule has 1 fully saturated rings. The van der Waals surface area contributed by atoms with E-state index < -0.39 is 0 Å². The summed E-state index contributed by atoms with van der Waals surface area (Å²) in [6.07, 6.45) is 3.57. The van der Waals surface area contributed by atoms with E-state index >= 15 is 0 Å². The van der Waals surface area contributed by atoms with Crippen LogP contribution in [-0.4, -0.2) is 76.6 Å². The van der Waals surface area contributed by atoms with Crippen LogP contribution in [0.3, 0.4) is 0 Å². The Hall–Kier alpha value is -4.11. The lowest BCUT2D eigenvalue weighted by molar-refractivity contribution is 0.0827. The molecule has 1 aliphatic heterocycles. The van der Waals surface area contributed by atoms with Crippen molar-refractivity contribution in [3.63, 3.8) is 0 Å². The third-order valence-corrected chi connectivity index (χ3v) is 7.79. The van der Waals surface area contributed by atoms with Crippen LogP contribution in [-0.2, 0) is 13.6 Å². The number of hydrogen-bond donors (Lipinski definition) is 1. The molecule has 9 nitrogen and oxygen atoms in total. The van der Waals surface area contributed by atoms with Crippen LogP contribution in [0.25, 0.3) is 16.7 Å². The van der Waals surface area contributed by atoms with Crippen LogP contribution in [0.4, 0.5) is 11.4 Å². The van der Waals surface area contributed by atoms with Crippen LogP contribution < -0.4 is 15.8 Å². The van der Waals surface area contributed by atoms with Crippen LogP contribution in [0.5, 0.6) is 0 Å². The van der Waals surface area contributed by atoms with Gasteiger partial charge in [-0.25, -0.2) is 4.98 Å². The number of rotatable bonds is 6. The molecule has 1 saturated heterocycles. The number of amides is 1. The molecule has 0 aliphatic carbocycles. The lowest BCUT2D eigenvalue weighted by atomic mass is 10.1. The molecule has 4 heterocycles. The minimum Gasteiger partial charge on any atom is -0.388 e. The first-order valence-corrected chi connectivity index (χ1v) is 13.3. The number of aryl methyl sites for hydroxylation is 2. The van der Waals surface area contributed by atoms with Gasteiger partial charge in [-0.05, 0) is 55.8 Å². The molecule has 9 heteroatoms. The molecule has 0 radical (unpaired) electrons. The lowest BCUT2D eigenvalue weighted by Crippen LogP contribution is -2.51. The smallest absolute Gasteiger partial charge is 0.257 e. The fourth-order valence-electron chi connectivity index (χ4n) is 5.51. The van der Waals surface area contributed by atoms with Crippen LogP contribution in [0.15, 0.2) is 59.7 Å². The highest BCUT2D eigenvalue weighted by Crippen LogP contribution is 2.28. The van der Waals surface area contributed by atoms with E-state index in [2.05, 4.69) is 50.6 Å². The van der Waals surface area contributed by atoms with Gasteiger partial charge in [-0.1, -0.05) is 0 Å². The Morgan fingerprint density at radius 2 is 1.90 bits per heavy atom. The second kappa shape index (κ2) is 10.6. The molecule has 39 heavy (non-hydrogen) atoms. The average molecular weight is 528 g/mol. The van der Waals surface area contributed by atoms with Gasteiger partial charge in [0.2, 0.25) is 0 Å². The van der Waals surface area contributed by atoms with Crippen molar-refractivity contribution >= 4 is 28.3 Å². The molecule has 1 amide bonds. The Morgan fingerprint density at radius 1 is 1.10 bits per heavy atom. The van der Waals surface area contributed by atoms with Gasteiger partial charge in [-0.3, -0.25) is 19.1 Å². The molecule has 0 saturated carbocycles. The van der Waals surface area contributed by atoms with E-state index in [1.54, 1.807) is 42.9 Å². The molecule has 1 aliphatic rings. The predicted molar refractivity (Wildman–Crippen MR) is 157 cm³/mol. The number of nitrogens with zero attached hydrogens (tertiary/aromatic N) is 6. The van der Waals surface area contributed by atoms with Crippen molar-refractivity contribution in [2.24, 2.45) is 7.05 Å². The van der Waals surface area contributed by atoms with Gasteiger partial charge < -0.3 is 19.7 Å². The number of piperazine rings is 1. The van der Waals surface area contributed by atoms with E-state index in [1.807, 2.05) is 37.5 Å². The van der Waals surface area contributed by atoms with Crippen molar-refractivity contribution in [2.45, 2.75) is 26.4 Å². The van der Waals surface area contributed by atoms with Crippen molar-refractivity contribution in [1.82, 2.24) is 23.9 Å². The van der Waals surface area contributed by atoms with Crippen LogP contribution in [0, 0.1) is 6.92 Å². The topological polar surface area (TPSA) is 78.6 Å². The first-order chi connectivity index (χ1) is 18.7. The van der Waals surface area contributed by atoms with Gasteiger partial charge in [-0.2, -0.15) is 0 Å². The molecular weight excluding hydrogens is 490 g/mol. The first-order valence-electron chi connectivity index (χ1n) is 13.3. The molecule has 1 N–H and O–H groups in total. The second-order valence-electron chi connectivity index (χ2n) is 10.6. The Kier molecular flexibility index (Phi) is 7.18. The molecule has 4 aromatic rings. The second-order valence-corrected chi connectivity index (χ2v) is 10.6. The maximum atomic E-state index is 12.8. The van der Waals surface area contributed by atoms with Crippen LogP contribution >= 0.6 is 0 Å². The van der Waals surface area contributed by atoms with E-state index in [0.29, 0.717) is 6.04 Å². The summed E-state index contributed by atoms with van der Waals surface area (Å²) in [5, 5.41) is 3.98. The number of anilines is 2. The Labute approximate surface area is 229 Å². The highest BCUT2D eigenvalue weighted by Gasteiger charge is 2.26. The zero-order chi connectivity index (χ0) is 27.8. The van der Waals surface area contributed by atoms with Gasteiger partial charge in [-0.15, -0.1) is 0 Å². The summed E-state index contributed by atoms with van der Waals surface area (Å²) in [5.41, 5.74) is 6.58. The van der Waals surface area contributed by atoms with Crippen LogP contribution in [0.1, 0.15) is 28.5 Å². The zero-order valence-electron chi connectivity index (χ0n) is 23.6. The average Bonchev–Trinajstić information content (AvgIpc) is 3.24. The molecule has 0 spiro atoms. The zero-order valence-corrected chi connectivity index (χ0v) is 23.6. The summed E-state index contributed by atoms with van der Waals surface area (Å²) in [5.74, 6) is 0.0234. The van der Waals surface area contributed by atoms with Crippen molar-refractivity contribution in [3.05, 3.63) is 82.0 Å². The summed E-state index contributed by atoms with van der Waals surface area (Å²) in [4.78, 5) is 36.3. The van der Waals surface area contributed by atoms with Gasteiger partial charge >= 0.3 is 0 Å². The Morgan fingerprint density at radius 3 is 2.56 bits per heavy atom. The quantitative estimate of drug-likeness (QED) is 0.414. The van der Waals surface area contributed by atoms with Crippen LogP contribution in [0.2, 0.25) is 0 Å². The van der Waals surface area contributed by atoms with Crippen molar-refractivity contribution in [2.75, 3.05) is 51.0 Å². The van der Waals surface area contributed by atoms with Gasteiger partial charge in [0.1, 0.15) is 5.65 Å². The summed E-state index contributed by atoms with van der Waals surface area (Å²) in [6, 6.07) is 13.9. The summed E-state index contributed by atoms with van der Waals surface area (Å²) in [6.45, 7) is 7.88. The largest absolute Gasteiger partial charge is 0.388 e. The summed E-state index contributed by atoms with van der Waals surface area (Å²) in [7, 11) is 7.41. The number of hydrogen-bond acceptors (Lipinski definition) is 6. The van der Waals surface area contributed by atoms with Crippen molar-refractivity contribution in [3.8, 4) is 5.69 Å². The molecular formula is C30H37N7O2. The Balaban J connectivity index is 1.35. The minimum absolute atomic E-state index is 0.0234. The monoisotopic (exact) mass is 527 g/mol. The first kappa shape index (κ1) is 26.5. The van der Waals surface area contributed by atoms with Crippen molar-refractivity contribution < 1.29 is 4.79 Å². The number of carbonyl (C=O) groups excluding carboxylic acids is 1. The maximum absolute atomic E-state index is 12.8. The molecule has 0 bridgehead atoms. The fourth-order valence-corrected chi connectivity index (χ4v) is 5.51. The maximum Gasteiger partial charge on any atom is 0.257 e. The third kappa shape index (κ3) is 5.02. The highest BCUT2D eigenvalue weighted by atomic mass is 16.2. The molecule has 204 valence electrons. The van der Waals surface area contributed by atoms with E-state index in [0.717, 1.165) is 65.4 Å². The number of pyridine rings is 2. The number of nitrogens with one attached hydrogen (secondary N) is 1. The predicted octanol–water partition coefficient (Wildman–Crippen LogP) is 3.49. The molecule has 3 aromatic heterocycles. The van der Waals surface area contributed by atoms with E-state index in [4.69, 9.17) is 0 Å². The van der Waals surface area contributed by atoms with Gasteiger partial charge in [0.15, 0.2) is 0 Å². The normalized spacial score (nSPS) is 16.1. The summed E-state index contributed by atoms with van der Waals surface area (Å²) >= 11 is 0. The molecule has 5 rings (SSSR count). The van der Waals surface area contributed by atoms with E-state index in [-0.39, 0.29) is 11.5 Å². The number of fused-ring (bicyclic) bond motifs is 1.